The third-order valence-corrected chi connectivity index (χ3v) is 11.8. The summed E-state index contributed by atoms with van der Waals surface area (Å²) in [6, 6.07) is 84.2. The van der Waals surface area contributed by atoms with E-state index in [0.29, 0.717) is 0 Å². The summed E-state index contributed by atoms with van der Waals surface area (Å²) in [6.07, 6.45) is 2.09. The maximum Gasteiger partial charge on any atom is 0.0468 e. The summed E-state index contributed by atoms with van der Waals surface area (Å²) in [5.74, 6) is 0.261. The number of hydrogen-bond acceptors (Lipinski definition) is 1. The Kier molecular flexibility index (Phi) is 9.55. The summed E-state index contributed by atoms with van der Waals surface area (Å²) in [4.78, 5) is 2.38. The van der Waals surface area contributed by atoms with Crippen molar-refractivity contribution < 1.29 is 0 Å². The molecule has 0 bridgehead atoms. The number of nitrogens with zero attached hydrogens (tertiary/aromatic N) is 1. The summed E-state index contributed by atoms with van der Waals surface area (Å²) in [5, 5.41) is 0. The molecule has 0 aromatic heterocycles. The molecule has 1 aliphatic rings. The third kappa shape index (κ3) is 6.82. The van der Waals surface area contributed by atoms with E-state index < -0.39 is 0 Å². The van der Waals surface area contributed by atoms with E-state index in [1.807, 2.05) is 0 Å². The van der Waals surface area contributed by atoms with Crippen molar-refractivity contribution in [2.75, 3.05) is 4.90 Å². The molecule has 0 amide bonds. The second-order valence-electron chi connectivity index (χ2n) is 15.2. The zero-order chi connectivity index (χ0) is 38.7. The summed E-state index contributed by atoms with van der Waals surface area (Å²) in [5.41, 5.74) is 20.0. The molecule has 0 aliphatic heterocycles. The molecule has 0 N–H and O–H groups in total. The van der Waals surface area contributed by atoms with Gasteiger partial charge in [0.1, 0.15) is 0 Å². The van der Waals surface area contributed by atoms with Crippen LogP contribution in [0.4, 0.5) is 17.1 Å². The van der Waals surface area contributed by atoms with Crippen LogP contribution in [0.1, 0.15) is 29.0 Å². The number of anilines is 3. The number of para-hydroxylation sites is 1. The van der Waals surface area contributed by atoms with Crippen molar-refractivity contribution in [3.63, 3.8) is 0 Å². The first-order valence-corrected chi connectivity index (χ1v) is 20.4. The predicted octanol–water partition coefficient (Wildman–Crippen LogP) is 15.6. The molecule has 1 atom stereocenters. The van der Waals surface area contributed by atoms with Gasteiger partial charge in [-0.2, -0.15) is 0 Å². The first kappa shape index (κ1) is 35.2. The Labute approximate surface area is 342 Å². The lowest BCUT2D eigenvalue weighted by molar-refractivity contribution is 0.727. The minimum Gasteiger partial charge on any atom is -0.310 e. The topological polar surface area (TPSA) is 3.24 Å². The molecule has 10 rings (SSSR count). The lowest BCUT2D eigenvalue weighted by Crippen LogP contribution is -2.10. The molecule has 0 spiro atoms. The number of hydrogen-bond donors (Lipinski definition) is 0. The smallest absolute Gasteiger partial charge is 0.0468 e. The Morgan fingerprint density at radius 3 is 1.34 bits per heavy atom. The second kappa shape index (κ2) is 15.7. The zero-order valence-electron chi connectivity index (χ0n) is 32.4. The van der Waals surface area contributed by atoms with Crippen LogP contribution >= 0.6 is 0 Å². The van der Waals surface area contributed by atoms with E-state index in [2.05, 4.69) is 235 Å². The lowest BCUT2D eigenvalue weighted by atomic mass is 9.81. The Morgan fingerprint density at radius 2 is 0.724 bits per heavy atom. The van der Waals surface area contributed by atoms with Crippen molar-refractivity contribution in [1.29, 1.82) is 0 Å². The van der Waals surface area contributed by atoms with Gasteiger partial charge in [0.25, 0.3) is 0 Å². The summed E-state index contributed by atoms with van der Waals surface area (Å²) in [6.45, 7) is 0. The normalized spacial score (nSPS) is 13.2. The minimum absolute atomic E-state index is 0.261. The molecule has 276 valence electrons. The number of aryl methyl sites for hydroxylation is 1. The quantitative estimate of drug-likeness (QED) is 0.150. The van der Waals surface area contributed by atoms with Gasteiger partial charge in [-0.3, -0.25) is 0 Å². The van der Waals surface area contributed by atoms with Gasteiger partial charge in [-0.05, 0) is 122 Å². The highest BCUT2D eigenvalue weighted by atomic mass is 15.1. The van der Waals surface area contributed by atoms with Crippen molar-refractivity contribution in [3.8, 4) is 55.6 Å². The van der Waals surface area contributed by atoms with Gasteiger partial charge < -0.3 is 4.90 Å². The van der Waals surface area contributed by atoms with Gasteiger partial charge in [0.2, 0.25) is 0 Å². The average molecular weight is 742 g/mol. The third-order valence-electron chi connectivity index (χ3n) is 11.8. The van der Waals surface area contributed by atoms with Crippen molar-refractivity contribution in [3.05, 3.63) is 247 Å². The molecule has 9 aromatic rings. The van der Waals surface area contributed by atoms with E-state index in [9.17, 15) is 0 Å². The van der Waals surface area contributed by atoms with Gasteiger partial charge in [0, 0.05) is 23.0 Å². The zero-order valence-corrected chi connectivity index (χ0v) is 32.4. The standard InChI is InChI=1S/C57H43N/c1-4-16-41(17-5-1)42-28-30-43(31-29-42)44-32-35-48(36-33-44)58(47-21-8-3-9-22-47)49-37-39-56(57(40-49)45-18-6-2-7-19-45)54-27-15-14-26-53(54)55-38-34-46-20-10-11-23-50(46)51-24-12-13-25-52(51)55/h1-33,35-37,39-40,55H,34,38H2. The highest BCUT2D eigenvalue weighted by molar-refractivity contribution is 5.90. The fourth-order valence-electron chi connectivity index (χ4n) is 8.95. The van der Waals surface area contributed by atoms with Crippen LogP contribution in [0.15, 0.2) is 231 Å². The fourth-order valence-corrected chi connectivity index (χ4v) is 8.95. The van der Waals surface area contributed by atoms with Crippen molar-refractivity contribution in [2.45, 2.75) is 18.8 Å². The maximum atomic E-state index is 2.39. The average Bonchev–Trinajstić information content (AvgIpc) is 3.47. The van der Waals surface area contributed by atoms with Crippen LogP contribution in [-0.2, 0) is 6.42 Å². The van der Waals surface area contributed by atoms with Gasteiger partial charge in [-0.25, -0.2) is 0 Å². The molecule has 0 heterocycles. The molecule has 0 fully saturated rings. The first-order chi connectivity index (χ1) is 28.8. The molecule has 0 saturated heterocycles. The molecule has 1 unspecified atom stereocenters. The van der Waals surface area contributed by atoms with Crippen LogP contribution in [0.3, 0.4) is 0 Å². The van der Waals surface area contributed by atoms with Crippen LogP contribution in [0.2, 0.25) is 0 Å². The fraction of sp³-hybridized carbons (Fsp3) is 0.0526. The number of fused-ring (bicyclic) bond motifs is 3. The summed E-state index contributed by atoms with van der Waals surface area (Å²) in [7, 11) is 0. The molecular formula is C57H43N. The van der Waals surface area contributed by atoms with Crippen LogP contribution in [-0.4, -0.2) is 0 Å². The first-order valence-electron chi connectivity index (χ1n) is 20.4. The van der Waals surface area contributed by atoms with E-state index in [4.69, 9.17) is 0 Å². The largest absolute Gasteiger partial charge is 0.310 e. The van der Waals surface area contributed by atoms with Crippen molar-refractivity contribution in [2.24, 2.45) is 0 Å². The van der Waals surface area contributed by atoms with Gasteiger partial charge in [0.15, 0.2) is 0 Å². The van der Waals surface area contributed by atoms with Crippen LogP contribution < -0.4 is 4.90 Å². The van der Waals surface area contributed by atoms with Gasteiger partial charge in [-0.1, -0.05) is 194 Å². The Balaban J connectivity index is 1.06. The number of rotatable bonds is 8. The molecule has 1 aliphatic carbocycles. The van der Waals surface area contributed by atoms with E-state index in [1.165, 1.54) is 72.3 Å². The monoisotopic (exact) mass is 741 g/mol. The van der Waals surface area contributed by atoms with E-state index in [0.717, 1.165) is 29.9 Å². The van der Waals surface area contributed by atoms with E-state index in [1.54, 1.807) is 0 Å². The Hall–Kier alpha value is -7.22. The van der Waals surface area contributed by atoms with Gasteiger partial charge in [0.05, 0.1) is 0 Å². The van der Waals surface area contributed by atoms with E-state index in [-0.39, 0.29) is 5.92 Å². The summed E-state index contributed by atoms with van der Waals surface area (Å²) >= 11 is 0. The van der Waals surface area contributed by atoms with Crippen LogP contribution in [0.5, 0.6) is 0 Å². The molecule has 0 radical (unpaired) electrons. The van der Waals surface area contributed by atoms with E-state index >= 15 is 0 Å². The van der Waals surface area contributed by atoms with Crippen LogP contribution in [0, 0.1) is 0 Å². The minimum atomic E-state index is 0.261. The predicted molar refractivity (Wildman–Crippen MR) is 245 cm³/mol. The highest BCUT2D eigenvalue weighted by Crippen LogP contribution is 2.47. The Morgan fingerprint density at radius 1 is 0.293 bits per heavy atom. The molecule has 58 heavy (non-hydrogen) atoms. The molecule has 0 saturated carbocycles. The SMILES string of the molecule is c1ccc(-c2ccc(-c3ccc(N(c4ccccc4)c4ccc(-c5ccccc5C5CCc6ccccc6-c6ccccc65)c(-c5ccccc5)c4)cc3)cc2)cc1. The lowest BCUT2D eigenvalue weighted by Gasteiger charge is -2.28. The summed E-state index contributed by atoms with van der Waals surface area (Å²) < 4.78 is 0. The van der Waals surface area contributed by atoms with Crippen molar-refractivity contribution in [1.82, 2.24) is 0 Å². The molecular weight excluding hydrogens is 699 g/mol. The van der Waals surface area contributed by atoms with Gasteiger partial charge >= 0.3 is 0 Å². The number of benzene rings is 9. The molecule has 9 aromatic carbocycles. The second-order valence-corrected chi connectivity index (χ2v) is 15.2. The Bertz CT molecular complexity index is 2810. The molecule has 1 nitrogen and oxygen atoms in total. The van der Waals surface area contributed by atoms with Crippen molar-refractivity contribution >= 4 is 17.1 Å². The maximum absolute atomic E-state index is 2.39. The molecule has 1 heteroatoms. The highest BCUT2D eigenvalue weighted by Gasteiger charge is 2.26. The van der Waals surface area contributed by atoms with Crippen LogP contribution in [0.25, 0.3) is 55.6 Å². The van der Waals surface area contributed by atoms with Gasteiger partial charge in [-0.15, -0.1) is 0 Å².